The molecule has 0 spiro atoms. The van der Waals surface area contributed by atoms with E-state index in [4.69, 9.17) is 10.5 Å². The zero-order valence-corrected chi connectivity index (χ0v) is 13.8. The number of aromatic nitrogens is 2. The number of hydrogen-bond acceptors (Lipinski definition) is 5. The summed E-state index contributed by atoms with van der Waals surface area (Å²) < 4.78 is 6.82. The van der Waals surface area contributed by atoms with Crippen molar-refractivity contribution in [3.05, 3.63) is 47.3 Å². The quantitative estimate of drug-likeness (QED) is 0.872. The normalized spacial score (nSPS) is 16.6. The van der Waals surface area contributed by atoms with Crippen LogP contribution in [0, 0.1) is 6.92 Å². The lowest BCUT2D eigenvalue weighted by Gasteiger charge is -2.07. The number of carbonyl (C=O) groups excluding carboxylic acids is 1. The van der Waals surface area contributed by atoms with Gasteiger partial charge in [-0.2, -0.15) is 5.10 Å². The Kier molecular flexibility index (Phi) is 4.50. The van der Waals surface area contributed by atoms with E-state index in [1.54, 1.807) is 10.7 Å². The van der Waals surface area contributed by atoms with Gasteiger partial charge in [-0.25, -0.2) is 4.99 Å². The Morgan fingerprint density at radius 1 is 1.42 bits per heavy atom. The van der Waals surface area contributed by atoms with Crippen LogP contribution in [0.4, 0.5) is 5.69 Å². The van der Waals surface area contributed by atoms with Crippen LogP contribution < -0.4 is 11.1 Å². The first-order valence-electron chi connectivity index (χ1n) is 7.88. The van der Waals surface area contributed by atoms with Crippen LogP contribution in [0.25, 0.3) is 0 Å². The summed E-state index contributed by atoms with van der Waals surface area (Å²) in [6.45, 7) is 2.47. The molecule has 1 aromatic heterocycles. The van der Waals surface area contributed by atoms with Crippen LogP contribution in [0.3, 0.4) is 0 Å². The molecule has 0 fully saturated rings. The summed E-state index contributed by atoms with van der Waals surface area (Å²) in [7, 11) is 1.81. The lowest BCUT2D eigenvalue weighted by molar-refractivity contribution is 0.102. The van der Waals surface area contributed by atoms with E-state index in [0.29, 0.717) is 12.3 Å². The molecule has 1 atom stereocenters. The molecule has 0 radical (unpaired) electrons. The van der Waals surface area contributed by atoms with E-state index in [9.17, 15) is 4.79 Å². The van der Waals surface area contributed by atoms with Crippen LogP contribution in [-0.2, 0) is 18.2 Å². The molecule has 0 saturated heterocycles. The molecule has 0 saturated carbocycles. The van der Waals surface area contributed by atoms with Crippen molar-refractivity contribution >= 4 is 17.6 Å². The summed E-state index contributed by atoms with van der Waals surface area (Å²) in [6.07, 6.45) is 1.78. The maximum atomic E-state index is 12.2. The van der Waals surface area contributed by atoms with E-state index in [0.717, 1.165) is 24.2 Å². The molecular formula is C17H21N5O2. The molecule has 0 bridgehead atoms. The number of carbonyl (C=O) groups is 1. The Bertz CT molecular complexity index is 744. The molecule has 1 aromatic carbocycles. The topological polar surface area (TPSA) is 94.5 Å². The van der Waals surface area contributed by atoms with Gasteiger partial charge in [-0.1, -0.05) is 12.1 Å². The SMILES string of the molecule is Cc1cc(C(=O)Nc2ccc(CC[C@H]3COC(N)=N3)cc2)nn1C. The summed E-state index contributed by atoms with van der Waals surface area (Å²) >= 11 is 0. The predicted octanol–water partition coefficient (Wildman–Crippen LogP) is 1.63. The molecule has 24 heavy (non-hydrogen) atoms. The Morgan fingerprint density at radius 2 is 2.17 bits per heavy atom. The molecule has 0 aliphatic carbocycles. The van der Waals surface area contributed by atoms with Crippen LogP contribution in [0.15, 0.2) is 35.3 Å². The maximum absolute atomic E-state index is 12.2. The molecule has 2 heterocycles. The third kappa shape index (κ3) is 3.73. The van der Waals surface area contributed by atoms with E-state index in [2.05, 4.69) is 15.4 Å². The van der Waals surface area contributed by atoms with E-state index in [-0.39, 0.29) is 18.0 Å². The predicted molar refractivity (Wildman–Crippen MR) is 92.0 cm³/mol. The largest absolute Gasteiger partial charge is 0.463 e. The molecule has 1 amide bonds. The molecular weight excluding hydrogens is 306 g/mol. The lowest BCUT2D eigenvalue weighted by Crippen LogP contribution is -2.13. The minimum atomic E-state index is -0.209. The third-order valence-corrected chi connectivity index (χ3v) is 4.06. The van der Waals surface area contributed by atoms with Gasteiger partial charge in [-0.3, -0.25) is 9.48 Å². The summed E-state index contributed by atoms with van der Waals surface area (Å²) in [5.41, 5.74) is 8.78. The molecule has 0 unspecified atom stereocenters. The van der Waals surface area contributed by atoms with Crippen LogP contribution in [0.1, 0.15) is 28.2 Å². The zero-order chi connectivity index (χ0) is 17.1. The van der Waals surface area contributed by atoms with Gasteiger partial charge in [-0.15, -0.1) is 0 Å². The second-order valence-corrected chi connectivity index (χ2v) is 5.92. The van der Waals surface area contributed by atoms with E-state index < -0.39 is 0 Å². The number of amidine groups is 1. The molecule has 7 nitrogen and oxygen atoms in total. The van der Waals surface area contributed by atoms with Gasteiger partial charge in [-0.05, 0) is 43.5 Å². The summed E-state index contributed by atoms with van der Waals surface area (Å²) in [6, 6.07) is 9.97. The van der Waals surface area contributed by atoms with Crippen molar-refractivity contribution in [1.29, 1.82) is 0 Å². The summed E-state index contributed by atoms with van der Waals surface area (Å²) in [5.74, 6) is -0.209. The van der Waals surface area contributed by atoms with Crippen LogP contribution in [-0.4, -0.2) is 34.4 Å². The van der Waals surface area contributed by atoms with Gasteiger partial charge in [0.15, 0.2) is 5.69 Å². The minimum absolute atomic E-state index is 0.136. The number of amides is 1. The fraction of sp³-hybridized carbons (Fsp3) is 0.353. The Balaban J connectivity index is 1.55. The standard InChI is InChI=1S/C17H21N5O2/c1-11-9-15(21-22(11)2)16(23)19-13-6-3-12(4-7-13)5-8-14-10-24-17(18)20-14/h3-4,6-7,9,14H,5,8,10H2,1-2H3,(H2,18,20)(H,19,23)/t14-/m0/s1. The van der Waals surface area contributed by atoms with Crippen molar-refractivity contribution in [3.8, 4) is 0 Å². The summed E-state index contributed by atoms with van der Waals surface area (Å²) in [4.78, 5) is 16.4. The number of aryl methyl sites for hydroxylation is 3. The van der Waals surface area contributed by atoms with Crippen molar-refractivity contribution in [2.24, 2.45) is 17.8 Å². The number of ether oxygens (including phenoxy) is 1. The van der Waals surface area contributed by atoms with Crippen LogP contribution >= 0.6 is 0 Å². The molecule has 2 aromatic rings. The van der Waals surface area contributed by atoms with Gasteiger partial charge in [0.05, 0.1) is 6.04 Å². The fourth-order valence-corrected chi connectivity index (χ4v) is 2.54. The van der Waals surface area contributed by atoms with Crippen molar-refractivity contribution in [1.82, 2.24) is 9.78 Å². The summed E-state index contributed by atoms with van der Waals surface area (Å²) in [5, 5.41) is 7.03. The van der Waals surface area contributed by atoms with Crippen molar-refractivity contribution in [2.45, 2.75) is 25.8 Å². The highest BCUT2D eigenvalue weighted by Crippen LogP contribution is 2.15. The third-order valence-electron chi connectivity index (χ3n) is 4.06. The highest BCUT2D eigenvalue weighted by atomic mass is 16.5. The number of anilines is 1. The number of nitrogens with one attached hydrogen (secondary N) is 1. The number of aliphatic imine (C=N–C) groups is 1. The smallest absolute Gasteiger partial charge is 0.282 e. The Morgan fingerprint density at radius 3 is 2.75 bits per heavy atom. The number of hydrogen-bond donors (Lipinski definition) is 2. The lowest BCUT2D eigenvalue weighted by atomic mass is 10.1. The van der Waals surface area contributed by atoms with E-state index in [1.165, 1.54) is 5.56 Å². The fourth-order valence-electron chi connectivity index (χ4n) is 2.54. The van der Waals surface area contributed by atoms with Gasteiger partial charge in [0.25, 0.3) is 11.9 Å². The Hall–Kier alpha value is -2.83. The first-order valence-corrected chi connectivity index (χ1v) is 7.88. The van der Waals surface area contributed by atoms with Crippen LogP contribution in [0.2, 0.25) is 0 Å². The van der Waals surface area contributed by atoms with E-state index >= 15 is 0 Å². The maximum Gasteiger partial charge on any atom is 0.282 e. The van der Waals surface area contributed by atoms with Gasteiger partial charge in [0.2, 0.25) is 0 Å². The molecule has 7 heteroatoms. The molecule has 1 aliphatic rings. The number of rotatable bonds is 5. The Labute approximate surface area is 140 Å². The number of nitrogens with two attached hydrogens (primary N) is 1. The van der Waals surface area contributed by atoms with Gasteiger partial charge in [0, 0.05) is 18.4 Å². The highest BCUT2D eigenvalue weighted by molar-refractivity contribution is 6.02. The first kappa shape index (κ1) is 16.0. The molecule has 126 valence electrons. The molecule has 3 N–H and O–H groups in total. The highest BCUT2D eigenvalue weighted by Gasteiger charge is 2.16. The zero-order valence-electron chi connectivity index (χ0n) is 13.8. The number of benzene rings is 1. The average molecular weight is 327 g/mol. The average Bonchev–Trinajstić information content (AvgIpc) is 3.13. The molecule has 3 rings (SSSR count). The van der Waals surface area contributed by atoms with E-state index in [1.807, 2.05) is 38.2 Å². The van der Waals surface area contributed by atoms with Crippen LogP contribution in [0.5, 0.6) is 0 Å². The van der Waals surface area contributed by atoms with Gasteiger partial charge in [0.1, 0.15) is 6.61 Å². The van der Waals surface area contributed by atoms with Crippen molar-refractivity contribution < 1.29 is 9.53 Å². The monoisotopic (exact) mass is 327 g/mol. The van der Waals surface area contributed by atoms with Crippen molar-refractivity contribution in [3.63, 3.8) is 0 Å². The second kappa shape index (κ2) is 6.74. The minimum Gasteiger partial charge on any atom is -0.463 e. The van der Waals surface area contributed by atoms with Gasteiger partial charge < -0.3 is 15.8 Å². The number of nitrogens with zero attached hydrogens (tertiary/aromatic N) is 3. The molecule has 1 aliphatic heterocycles. The van der Waals surface area contributed by atoms with Crippen molar-refractivity contribution in [2.75, 3.05) is 11.9 Å². The van der Waals surface area contributed by atoms with Gasteiger partial charge >= 0.3 is 0 Å². The second-order valence-electron chi connectivity index (χ2n) is 5.92. The first-order chi connectivity index (χ1) is 11.5.